The lowest BCUT2D eigenvalue weighted by Crippen LogP contribution is -2.30. The normalized spacial score (nSPS) is 11.9. The van der Waals surface area contributed by atoms with Gasteiger partial charge in [-0.3, -0.25) is 4.79 Å². The first-order valence-electron chi connectivity index (χ1n) is 8.62. The molecule has 1 aromatic heterocycles. The zero-order chi connectivity index (χ0) is 19.1. The van der Waals surface area contributed by atoms with Crippen molar-refractivity contribution < 1.29 is 14.6 Å². The third kappa shape index (κ3) is 5.61. The minimum Gasteiger partial charge on any atom is -0.493 e. The second-order valence-electron chi connectivity index (χ2n) is 6.14. The topological polar surface area (TPSA) is 116 Å². The minimum absolute atomic E-state index is 0.151. The summed E-state index contributed by atoms with van der Waals surface area (Å²) in [5.41, 5.74) is 7.74. The number of nitrogens with two attached hydrogens (primary N) is 1. The molecular formula is C19H21N5O3. The summed E-state index contributed by atoms with van der Waals surface area (Å²) in [6.07, 6.45) is 0.669. The fourth-order valence-corrected chi connectivity index (χ4v) is 2.59. The van der Waals surface area contributed by atoms with E-state index in [2.05, 4.69) is 27.5 Å². The van der Waals surface area contributed by atoms with Crippen LogP contribution in [0.25, 0.3) is 11.4 Å². The third-order valence-electron chi connectivity index (χ3n) is 3.88. The molecule has 8 heteroatoms. The maximum Gasteiger partial charge on any atom is 0.304 e. The number of carboxylic acids is 1. The number of rotatable bonds is 9. The van der Waals surface area contributed by atoms with E-state index in [0.29, 0.717) is 12.4 Å². The molecule has 0 spiro atoms. The van der Waals surface area contributed by atoms with Gasteiger partial charge >= 0.3 is 5.97 Å². The Labute approximate surface area is 156 Å². The van der Waals surface area contributed by atoms with E-state index in [0.717, 1.165) is 17.7 Å². The number of carbonyl (C=O) groups is 1. The van der Waals surface area contributed by atoms with Crippen molar-refractivity contribution in [1.82, 2.24) is 20.2 Å². The zero-order valence-electron chi connectivity index (χ0n) is 14.7. The van der Waals surface area contributed by atoms with Gasteiger partial charge in [0.15, 0.2) is 0 Å². The predicted molar refractivity (Wildman–Crippen MR) is 99.1 cm³/mol. The molecule has 3 aromatic rings. The minimum atomic E-state index is -0.955. The van der Waals surface area contributed by atoms with Crippen LogP contribution >= 0.6 is 0 Å². The molecule has 0 aliphatic rings. The Bertz CT molecular complexity index is 882. The van der Waals surface area contributed by atoms with Crippen LogP contribution in [0.15, 0.2) is 54.6 Å². The van der Waals surface area contributed by atoms with Crippen molar-refractivity contribution in [2.75, 3.05) is 6.61 Å². The number of aliphatic carboxylic acids is 1. The second kappa shape index (κ2) is 8.91. The number of benzene rings is 2. The Morgan fingerprint density at radius 2 is 2.00 bits per heavy atom. The van der Waals surface area contributed by atoms with E-state index < -0.39 is 12.0 Å². The SMILES string of the molecule is N[C@H](CC(=O)O)Cn1nnc(-c2cccc(OCCc3ccccc3)c2)n1. The van der Waals surface area contributed by atoms with Gasteiger partial charge in [0.25, 0.3) is 0 Å². The molecule has 0 saturated heterocycles. The molecule has 3 rings (SSSR count). The van der Waals surface area contributed by atoms with Crippen molar-refractivity contribution in [1.29, 1.82) is 0 Å². The standard InChI is InChI=1S/C19H21N5O3/c20-16(12-18(25)26)13-24-22-19(21-23-24)15-7-4-8-17(11-15)27-10-9-14-5-2-1-3-6-14/h1-8,11,16H,9-10,12-13,20H2,(H,25,26)/t16-/m1/s1. The molecule has 0 bridgehead atoms. The number of aromatic nitrogens is 4. The first-order chi connectivity index (χ1) is 13.1. The van der Waals surface area contributed by atoms with Crippen LogP contribution in [0.4, 0.5) is 0 Å². The van der Waals surface area contributed by atoms with Gasteiger partial charge in [-0.15, -0.1) is 10.2 Å². The summed E-state index contributed by atoms with van der Waals surface area (Å²) in [6.45, 7) is 0.754. The van der Waals surface area contributed by atoms with E-state index >= 15 is 0 Å². The molecule has 0 radical (unpaired) electrons. The van der Waals surface area contributed by atoms with Crippen LogP contribution in [-0.2, 0) is 17.8 Å². The lowest BCUT2D eigenvalue weighted by atomic mass is 10.2. The lowest BCUT2D eigenvalue weighted by molar-refractivity contribution is -0.137. The molecule has 0 amide bonds. The first-order valence-corrected chi connectivity index (χ1v) is 8.62. The van der Waals surface area contributed by atoms with Crippen LogP contribution in [0, 0.1) is 0 Å². The molecule has 0 aliphatic carbocycles. The monoisotopic (exact) mass is 367 g/mol. The van der Waals surface area contributed by atoms with Crippen LogP contribution in [0.2, 0.25) is 0 Å². The highest BCUT2D eigenvalue weighted by molar-refractivity contribution is 5.67. The molecular weight excluding hydrogens is 346 g/mol. The molecule has 1 atom stereocenters. The Kier molecular flexibility index (Phi) is 6.11. The fourth-order valence-electron chi connectivity index (χ4n) is 2.59. The van der Waals surface area contributed by atoms with Gasteiger partial charge in [-0.05, 0) is 22.9 Å². The summed E-state index contributed by atoms with van der Waals surface area (Å²) < 4.78 is 5.82. The Balaban J connectivity index is 1.59. The van der Waals surface area contributed by atoms with Crippen LogP contribution in [0.5, 0.6) is 5.75 Å². The predicted octanol–water partition coefficient (Wildman–Crippen LogP) is 1.76. The van der Waals surface area contributed by atoms with Crippen molar-refractivity contribution in [2.24, 2.45) is 5.73 Å². The van der Waals surface area contributed by atoms with Crippen LogP contribution in [0.3, 0.4) is 0 Å². The molecule has 8 nitrogen and oxygen atoms in total. The Morgan fingerprint density at radius 3 is 2.78 bits per heavy atom. The third-order valence-corrected chi connectivity index (χ3v) is 3.88. The number of tetrazole rings is 1. The van der Waals surface area contributed by atoms with Crippen molar-refractivity contribution >= 4 is 5.97 Å². The average Bonchev–Trinajstić information content (AvgIpc) is 3.10. The number of hydrogen-bond acceptors (Lipinski definition) is 6. The van der Waals surface area contributed by atoms with Crippen LogP contribution in [0.1, 0.15) is 12.0 Å². The molecule has 140 valence electrons. The molecule has 27 heavy (non-hydrogen) atoms. The molecule has 3 N–H and O–H groups in total. The number of ether oxygens (including phenoxy) is 1. The smallest absolute Gasteiger partial charge is 0.304 e. The molecule has 0 fully saturated rings. The summed E-state index contributed by atoms with van der Waals surface area (Å²) in [5.74, 6) is 0.205. The number of nitrogens with zero attached hydrogens (tertiary/aromatic N) is 4. The highest BCUT2D eigenvalue weighted by Gasteiger charge is 2.12. The van der Waals surface area contributed by atoms with Gasteiger partial charge in [-0.1, -0.05) is 42.5 Å². The van der Waals surface area contributed by atoms with Crippen molar-refractivity contribution in [3.8, 4) is 17.1 Å². The molecule has 1 heterocycles. The largest absolute Gasteiger partial charge is 0.493 e. The van der Waals surface area contributed by atoms with Crippen molar-refractivity contribution in [3.63, 3.8) is 0 Å². The highest BCUT2D eigenvalue weighted by atomic mass is 16.5. The van der Waals surface area contributed by atoms with Gasteiger partial charge in [-0.25, -0.2) is 0 Å². The zero-order valence-corrected chi connectivity index (χ0v) is 14.7. The van der Waals surface area contributed by atoms with Gasteiger partial charge in [0, 0.05) is 18.0 Å². The van der Waals surface area contributed by atoms with E-state index in [1.165, 1.54) is 10.4 Å². The van der Waals surface area contributed by atoms with Gasteiger partial charge in [0.05, 0.1) is 19.6 Å². The van der Waals surface area contributed by atoms with E-state index in [1.54, 1.807) is 0 Å². The molecule has 0 saturated carbocycles. The second-order valence-corrected chi connectivity index (χ2v) is 6.14. The van der Waals surface area contributed by atoms with E-state index in [9.17, 15) is 4.79 Å². The van der Waals surface area contributed by atoms with Crippen LogP contribution < -0.4 is 10.5 Å². The van der Waals surface area contributed by atoms with Gasteiger partial charge in [0.1, 0.15) is 5.75 Å². The summed E-state index contributed by atoms with van der Waals surface area (Å²) in [7, 11) is 0. The quantitative estimate of drug-likeness (QED) is 0.592. The maximum absolute atomic E-state index is 10.7. The summed E-state index contributed by atoms with van der Waals surface area (Å²) in [5, 5.41) is 21.0. The van der Waals surface area contributed by atoms with E-state index in [4.69, 9.17) is 15.6 Å². The van der Waals surface area contributed by atoms with Crippen molar-refractivity contribution in [3.05, 3.63) is 60.2 Å². The fraction of sp³-hybridized carbons (Fsp3) is 0.263. The maximum atomic E-state index is 10.7. The molecule has 0 aliphatic heterocycles. The van der Waals surface area contributed by atoms with Crippen molar-refractivity contribution in [2.45, 2.75) is 25.4 Å². The molecule has 0 unspecified atom stereocenters. The highest BCUT2D eigenvalue weighted by Crippen LogP contribution is 2.20. The Morgan fingerprint density at radius 1 is 1.19 bits per heavy atom. The van der Waals surface area contributed by atoms with E-state index in [1.807, 2.05) is 42.5 Å². The first kappa shape index (κ1) is 18.5. The number of hydrogen-bond donors (Lipinski definition) is 2. The van der Waals surface area contributed by atoms with Crippen LogP contribution in [-0.4, -0.2) is 43.9 Å². The lowest BCUT2D eigenvalue weighted by Gasteiger charge is -2.07. The summed E-state index contributed by atoms with van der Waals surface area (Å²) in [4.78, 5) is 12.0. The van der Waals surface area contributed by atoms with E-state index in [-0.39, 0.29) is 13.0 Å². The van der Waals surface area contributed by atoms with Gasteiger partial charge in [0.2, 0.25) is 5.82 Å². The average molecular weight is 367 g/mol. The van der Waals surface area contributed by atoms with Gasteiger partial charge < -0.3 is 15.6 Å². The Hall–Kier alpha value is -3.26. The summed E-state index contributed by atoms with van der Waals surface area (Å²) in [6, 6.07) is 17.0. The number of carboxylic acid groups (broad SMARTS) is 1. The van der Waals surface area contributed by atoms with Gasteiger partial charge in [-0.2, -0.15) is 4.80 Å². The molecule has 2 aromatic carbocycles. The summed E-state index contributed by atoms with van der Waals surface area (Å²) >= 11 is 0.